The van der Waals surface area contributed by atoms with Crippen LogP contribution in [0.2, 0.25) is 5.02 Å². The molecule has 1 atom stereocenters. The first-order valence-electron chi connectivity index (χ1n) is 7.34. The molecule has 0 radical (unpaired) electrons. The van der Waals surface area contributed by atoms with E-state index in [0.717, 1.165) is 0 Å². The fraction of sp³-hybridized carbons (Fsp3) is 0.188. The smallest absolute Gasteiger partial charge is 0.414 e. The number of carbonyl (C=O) groups excluding carboxylic acids is 1. The number of cyclic esters (lactones) is 1. The third kappa shape index (κ3) is 4.09. The average Bonchev–Trinajstić information content (AvgIpc) is 2.95. The van der Waals surface area contributed by atoms with Crippen molar-refractivity contribution < 1.29 is 22.3 Å². The van der Waals surface area contributed by atoms with Gasteiger partial charge in [0.1, 0.15) is 11.9 Å². The Morgan fingerprint density at radius 2 is 1.96 bits per heavy atom. The molecule has 2 aromatic rings. The molecule has 25 heavy (non-hydrogen) atoms. The molecule has 1 aliphatic heterocycles. The van der Waals surface area contributed by atoms with Gasteiger partial charge in [0, 0.05) is 17.3 Å². The standard InChI is InChI=1S/C16H14ClFN2O4S/c17-11-2-1-3-15(8-11)25(22,23)19-9-14-10-20(16(21)24-14)13-6-4-12(18)5-7-13/h1-8,14,19H,9-10H2. The van der Waals surface area contributed by atoms with Gasteiger partial charge in [-0.1, -0.05) is 17.7 Å². The van der Waals surface area contributed by atoms with E-state index in [-0.39, 0.29) is 18.0 Å². The number of sulfonamides is 1. The number of carbonyl (C=O) groups is 1. The maximum absolute atomic E-state index is 13.0. The summed E-state index contributed by atoms with van der Waals surface area (Å²) >= 11 is 5.80. The minimum atomic E-state index is -3.77. The van der Waals surface area contributed by atoms with Gasteiger partial charge < -0.3 is 4.74 Å². The van der Waals surface area contributed by atoms with Crippen LogP contribution in [0.4, 0.5) is 14.9 Å². The molecule has 0 saturated carbocycles. The molecule has 9 heteroatoms. The van der Waals surface area contributed by atoms with E-state index in [0.29, 0.717) is 10.7 Å². The van der Waals surface area contributed by atoms with Gasteiger partial charge in [0.25, 0.3) is 0 Å². The summed E-state index contributed by atoms with van der Waals surface area (Å²) < 4.78 is 45.0. The van der Waals surface area contributed by atoms with Crippen LogP contribution >= 0.6 is 11.6 Å². The molecular formula is C16H14ClFN2O4S. The minimum Gasteiger partial charge on any atom is -0.443 e. The fourth-order valence-corrected chi connectivity index (χ4v) is 3.75. The summed E-state index contributed by atoms with van der Waals surface area (Å²) in [6.07, 6.45) is -1.27. The van der Waals surface area contributed by atoms with Gasteiger partial charge >= 0.3 is 6.09 Å². The third-order valence-electron chi connectivity index (χ3n) is 3.62. The number of nitrogens with one attached hydrogen (secondary N) is 1. The first kappa shape index (κ1) is 17.7. The van der Waals surface area contributed by atoms with Gasteiger partial charge in [-0.3, -0.25) is 4.90 Å². The Labute approximate surface area is 149 Å². The lowest BCUT2D eigenvalue weighted by Gasteiger charge is -2.13. The molecule has 2 aromatic carbocycles. The molecule has 6 nitrogen and oxygen atoms in total. The Kier molecular flexibility index (Phi) is 4.94. The van der Waals surface area contributed by atoms with E-state index in [1.807, 2.05) is 0 Å². The van der Waals surface area contributed by atoms with Crippen LogP contribution in [0.15, 0.2) is 53.4 Å². The largest absolute Gasteiger partial charge is 0.443 e. The molecule has 3 rings (SSSR count). The highest BCUT2D eigenvalue weighted by Gasteiger charge is 2.33. The summed E-state index contributed by atoms with van der Waals surface area (Å²) in [5, 5.41) is 0.303. The summed E-state index contributed by atoms with van der Waals surface area (Å²) in [4.78, 5) is 13.3. The van der Waals surface area contributed by atoms with E-state index in [9.17, 15) is 17.6 Å². The summed E-state index contributed by atoms with van der Waals surface area (Å²) in [5.41, 5.74) is 0.478. The number of amides is 1. The van der Waals surface area contributed by atoms with E-state index in [1.165, 1.54) is 47.4 Å². The number of rotatable bonds is 5. The van der Waals surface area contributed by atoms with Gasteiger partial charge in [0.05, 0.1) is 11.4 Å². The molecule has 1 N–H and O–H groups in total. The van der Waals surface area contributed by atoms with Crippen molar-refractivity contribution in [3.63, 3.8) is 0 Å². The number of hydrogen-bond acceptors (Lipinski definition) is 4. The highest BCUT2D eigenvalue weighted by Crippen LogP contribution is 2.22. The lowest BCUT2D eigenvalue weighted by molar-refractivity contribution is 0.143. The van der Waals surface area contributed by atoms with Crippen LogP contribution in [-0.4, -0.2) is 33.7 Å². The zero-order valence-corrected chi connectivity index (χ0v) is 14.4. The van der Waals surface area contributed by atoms with Gasteiger partial charge in [-0.05, 0) is 42.5 Å². The molecule has 1 aliphatic rings. The molecule has 1 saturated heterocycles. The summed E-state index contributed by atoms with van der Waals surface area (Å²) in [6, 6.07) is 11.2. The predicted molar refractivity (Wildman–Crippen MR) is 90.7 cm³/mol. The summed E-state index contributed by atoms with van der Waals surface area (Å²) in [7, 11) is -3.77. The van der Waals surface area contributed by atoms with E-state index < -0.39 is 28.0 Å². The molecule has 0 bridgehead atoms. The first-order chi connectivity index (χ1) is 11.8. The lowest BCUT2D eigenvalue weighted by atomic mass is 10.2. The molecular weight excluding hydrogens is 371 g/mol. The topological polar surface area (TPSA) is 75.7 Å². The monoisotopic (exact) mass is 384 g/mol. The normalized spacial score (nSPS) is 17.6. The maximum atomic E-state index is 13.0. The van der Waals surface area contributed by atoms with Crippen molar-refractivity contribution in [2.24, 2.45) is 0 Å². The summed E-state index contributed by atoms with van der Waals surface area (Å²) in [5.74, 6) is -0.415. The van der Waals surface area contributed by atoms with Gasteiger partial charge in [-0.25, -0.2) is 22.3 Å². The van der Waals surface area contributed by atoms with Crippen molar-refractivity contribution >= 4 is 33.4 Å². The Morgan fingerprint density at radius 1 is 1.24 bits per heavy atom. The van der Waals surface area contributed by atoms with Gasteiger partial charge in [-0.2, -0.15) is 0 Å². The van der Waals surface area contributed by atoms with Crippen molar-refractivity contribution in [3.8, 4) is 0 Å². The van der Waals surface area contributed by atoms with Crippen molar-refractivity contribution in [1.82, 2.24) is 4.72 Å². The first-order valence-corrected chi connectivity index (χ1v) is 9.20. The zero-order valence-electron chi connectivity index (χ0n) is 12.9. The third-order valence-corrected chi connectivity index (χ3v) is 5.28. The van der Waals surface area contributed by atoms with E-state index in [2.05, 4.69) is 4.72 Å². The van der Waals surface area contributed by atoms with Crippen LogP contribution in [-0.2, 0) is 14.8 Å². The van der Waals surface area contributed by atoms with Crippen LogP contribution < -0.4 is 9.62 Å². The van der Waals surface area contributed by atoms with Gasteiger partial charge in [-0.15, -0.1) is 0 Å². The second-order valence-electron chi connectivity index (χ2n) is 5.40. The van der Waals surface area contributed by atoms with E-state index in [4.69, 9.17) is 16.3 Å². The van der Waals surface area contributed by atoms with Crippen LogP contribution in [0.25, 0.3) is 0 Å². The van der Waals surface area contributed by atoms with Crippen LogP contribution in [0.3, 0.4) is 0 Å². The molecule has 0 spiro atoms. The van der Waals surface area contributed by atoms with Crippen molar-refractivity contribution in [1.29, 1.82) is 0 Å². The van der Waals surface area contributed by atoms with E-state index in [1.54, 1.807) is 6.07 Å². The molecule has 1 heterocycles. The highest BCUT2D eigenvalue weighted by molar-refractivity contribution is 7.89. The number of halogens is 2. The zero-order chi connectivity index (χ0) is 18.0. The molecule has 0 aromatic heterocycles. The fourth-order valence-electron chi connectivity index (χ4n) is 2.38. The van der Waals surface area contributed by atoms with Crippen molar-refractivity contribution in [2.45, 2.75) is 11.0 Å². The molecule has 132 valence electrons. The Bertz CT molecular complexity index is 889. The van der Waals surface area contributed by atoms with E-state index >= 15 is 0 Å². The van der Waals surface area contributed by atoms with Gasteiger partial charge in [0.2, 0.25) is 10.0 Å². The quantitative estimate of drug-likeness (QED) is 0.860. The number of nitrogens with zero attached hydrogens (tertiary/aromatic N) is 1. The van der Waals surface area contributed by atoms with Crippen LogP contribution in [0.5, 0.6) is 0 Å². The van der Waals surface area contributed by atoms with Crippen molar-refractivity contribution in [3.05, 3.63) is 59.4 Å². The SMILES string of the molecule is O=C1OC(CNS(=O)(=O)c2cccc(Cl)c2)CN1c1ccc(F)cc1. The number of anilines is 1. The minimum absolute atomic E-state index is 0.0275. The maximum Gasteiger partial charge on any atom is 0.414 e. The Morgan fingerprint density at radius 3 is 2.64 bits per heavy atom. The molecule has 1 amide bonds. The highest BCUT2D eigenvalue weighted by atomic mass is 35.5. The van der Waals surface area contributed by atoms with Gasteiger partial charge in [0.15, 0.2) is 0 Å². The van der Waals surface area contributed by atoms with Crippen LogP contribution in [0.1, 0.15) is 0 Å². The molecule has 1 fully saturated rings. The van der Waals surface area contributed by atoms with Crippen molar-refractivity contribution in [2.75, 3.05) is 18.0 Å². The molecule has 1 unspecified atom stereocenters. The Balaban J connectivity index is 1.65. The number of hydrogen-bond donors (Lipinski definition) is 1. The molecule has 0 aliphatic carbocycles. The average molecular weight is 385 g/mol. The second kappa shape index (κ2) is 6.99. The summed E-state index contributed by atoms with van der Waals surface area (Å²) in [6.45, 7) is 0.0703. The predicted octanol–water partition coefficient (Wildman–Crippen LogP) is 2.78. The lowest BCUT2D eigenvalue weighted by Crippen LogP contribution is -2.34. The number of benzene rings is 2. The Hall–Kier alpha value is -2.16. The second-order valence-corrected chi connectivity index (χ2v) is 7.61. The number of ether oxygens (including phenoxy) is 1. The van der Waals surface area contributed by atoms with Crippen LogP contribution in [0, 0.1) is 5.82 Å².